The lowest BCUT2D eigenvalue weighted by molar-refractivity contribution is -0.138. The van der Waals surface area contributed by atoms with Crippen molar-refractivity contribution >= 4 is 40.2 Å². The normalized spacial score (nSPS) is 10.8. The highest BCUT2D eigenvalue weighted by Crippen LogP contribution is 2.28. The molecule has 0 fully saturated rings. The van der Waals surface area contributed by atoms with Crippen LogP contribution in [0.2, 0.25) is 0 Å². The van der Waals surface area contributed by atoms with E-state index in [-0.39, 0.29) is 18.1 Å². The maximum Gasteiger partial charge on any atom is 0.350 e. The predicted octanol–water partition coefficient (Wildman–Crippen LogP) is 3.00. The summed E-state index contributed by atoms with van der Waals surface area (Å²) in [4.78, 5) is 22.9. The van der Waals surface area contributed by atoms with E-state index in [1.165, 1.54) is 36.4 Å². The summed E-state index contributed by atoms with van der Waals surface area (Å²) in [5.41, 5.74) is 1.37. The van der Waals surface area contributed by atoms with Gasteiger partial charge in [-0.25, -0.2) is 9.59 Å². The van der Waals surface area contributed by atoms with E-state index in [1.807, 2.05) is 12.1 Å². The van der Waals surface area contributed by atoms with Crippen molar-refractivity contribution in [3.63, 3.8) is 0 Å². The lowest BCUT2D eigenvalue weighted by atomic mass is 10.1. The summed E-state index contributed by atoms with van der Waals surface area (Å²) < 4.78 is 10.2. The van der Waals surface area contributed by atoms with Gasteiger partial charge in [-0.05, 0) is 24.6 Å². The minimum atomic E-state index is -0.693. The van der Waals surface area contributed by atoms with Crippen molar-refractivity contribution in [1.29, 1.82) is 5.26 Å². The van der Waals surface area contributed by atoms with Gasteiger partial charge >= 0.3 is 11.9 Å². The maximum atomic E-state index is 11.5. The molecule has 140 valence electrons. The number of esters is 2. The summed E-state index contributed by atoms with van der Waals surface area (Å²) in [6.45, 7) is 1.86. The minimum absolute atomic E-state index is 0.146. The van der Waals surface area contributed by atoms with Gasteiger partial charge in [0.15, 0.2) is 9.91 Å². The number of rotatable bonds is 8. The number of ether oxygens (including phenoxy) is 2. The Morgan fingerprint density at radius 1 is 1.33 bits per heavy atom. The molecule has 0 spiro atoms. The maximum absolute atomic E-state index is 11.5. The first-order valence-corrected chi connectivity index (χ1v) is 9.55. The number of carbonyl (C=O) groups is 2. The van der Waals surface area contributed by atoms with E-state index in [2.05, 4.69) is 20.3 Å². The second-order valence-electron chi connectivity index (χ2n) is 4.88. The average Bonchev–Trinajstić information content (AvgIpc) is 3.14. The van der Waals surface area contributed by atoms with Gasteiger partial charge in [-0.1, -0.05) is 35.2 Å². The SMILES string of the molecule is CCOC(=O)/C(C#N)=C/Nc1nnc(SCc2ccc(C(=O)OC)cc2)s1. The van der Waals surface area contributed by atoms with Gasteiger partial charge in [-0.15, -0.1) is 10.2 Å². The van der Waals surface area contributed by atoms with Crippen LogP contribution >= 0.6 is 23.1 Å². The number of hydrogen-bond donors (Lipinski definition) is 1. The number of benzene rings is 1. The third-order valence-corrected chi connectivity index (χ3v) is 5.16. The van der Waals surface area contributed by atoms with Gasteiger partial charge < -0.3 is 14.8 Å². The molecule has 8 nitrogen and oxygen atoms in total. The molecule has 0 aliphatic carbocycles. The molecule has 1 heterocycles. The van der Waals surface area contributed by atoms with Crippen LogP contribution in [0.1, 0.15) is 22.8 Å². The van der Waals surface area contributed by atoms with Crippen molar-refractivity contribution in [2.45, 2.75) is 17.0 Å². The molecule has 0 saturated carbocycles. The van der Waals surface area contributed by atoms with E-state index < -0.39 is 5.97 Å². The second kappa shape index (κ2) is 10.3. The fraction of sp³-hybridized carbons (Fsp3) is 0.235. The van der Waals surface area contributed by atoms with Crippen LogP contribution in [0.25, 0.3) is 0 Å². The van der Waals surface area contributed by atoms with E-state index in [4.69, 9.17) is 10.00 Å². The molecule has 1 aromatic carbocycles. The lowest BCUT2D eigenvalue weighted by Crippen LogP contribution is -2.07. The van der Waals surface area contributed by atoms with Crippen LogP contribution < -0.4 is 5.32 Å². The Morgan fingerprint density at radius 3 is 2.70 bits per heavy atom. The molecule has 0 aliphatic heterocycles. The zero-order valence-corrected chi connectivity index (χ0v) is 16.2. The zero-order chi connectivity index (χ0) is 19.6. The van der Waals surface area contributed by atoms with E-state index in [9.17, 15) is 9.59 Å². The summed E-state index contributed by atoms with van der Waals surface area (Å²) in [5.74, 6) is -0.415. The van der Waals surface area contributed by atoms with Gasteiger partial charge in [0.25, 0.3) is 0 Å². The molecule has 1 aromatic heterocycles. The van der Waals surface area contributed by atoms with E-state index in [0.717, 1.165) is 9.90 Å². The van der Waals surface area contributed by atoms with E-state index in [0.29, 0.717) is 16.4 Å². The third-order valence-electron chi connectivity index (χ3n) is 3.10. The highest BCUT2D eigenvalue weighted by atomic mass is 32.2. The largest absolute Gasteiger partial charge is 0.465 e. The molecule has 0 atom stereocenters. The van der Waals surface area contributed by atoms with Gasteiger partial charge in [0.1, 0.15) is 6.07 Å². The molecule has 10 heteroatoms. The van der Waals surface area contributed by atoms with Crippen LogP contribution in [0.5, 0.6) is 0 Å². The first kappa shape index (κ1) is 20.4. The Hall–Kier alpha value is -2.90. The quantitative estimate of drug-likeness (QED) is 0.307. The fourth-order valence-electron chi connectivity index (χ4n) is 1.81. The van der Waals surface area contributed by atoms with E-state index in [1.54, 1.807) is 25.1 Å². The number of aromatic nitrogens is 2. The van der Waals surface area contributed by atoms with Crippen LogP contribution in [-0.2, 0) is 20.0 Å². The second-order valence-corrected chi connectivity index (χ2v) is 7.08. The van der Waals surface area contributed by atoms with E-state index >= 15 is 0 Å². The smallest absolute Gasteiger partial charge is 0.350 e. The van der Waals surface area contributed by atoms with Gasteiger partial charge in [-0.2, -0.15) is 5.26 Å². The Balaban J connectivity index is 1.91. The molecule has 0 amide bonds. The molecule has 0 bridgehead atoms. The van der Waals surface area contributed by atoms with Gasteiger partial charge in [0.2, 0.25) is 5.13 Å². The molecular formula is C17H16N4O4S2. The molecule has 1 N–H and O–H groups in total. The molecule has 0 saturated heterocycles. The summed E-state index contributed by atoms with van der Waals surface area (Å²) in [6.07, 6.45) is 1.25. The zero-order valence-electron chi connectivity index (χ0n) is 14.6. The number of hydrogen-bond acceptors (Lipinski definition) is 10. The fourth-order valence-corrected chi connectivity index (χ4v) is 3.48. The highest BCUT2D eigenvalue weighted by molar-refractivity contribution is 8.00. The minimum Gasteiger partial charge on any atom is -0.465 e. The van der Waals surface area contributed by atoms with Gasteiger partial charge in [0, 0.05) is 12.0 Å². The van der Waals surface area contributed by atoms with Crippen molar-refractivity contribution in [1.82, 2.24) is 10.2 Å². The monoisotopic (exact) mass is 404 g/mol. The molecule has 0 aliphatic rings. The summed E-state index contributed by atoms with van der Waals surface area (Å²) in [6, 6.07) is 8.88. The Bertz CT molecular complexity index is 872. The summed E-state index contributed by atoms with van der Waals surface area (Å²) in [5, 5.41) is 20.2. The standard InChI is InChI=1S/C17H16N4O4S2/c1-3-25-15(23)13(8-18)9-19-16-20-21-17(27-16)26-10-11-4-6-12(7-5-11)14(22)24-2/h4-7,9H,3,10H2,1-2H3,(H,19,20)/b13-9+. The van der Waals surface area contributed by atoms with Crippen LogP contribution in [0.15, 0.2) is 40.4 Å². The summed E-state index contributed by atoms with van der Waals surface area (Å²) >= 11 is 2.77. The molecule has 27 heavy (non-hydrogen) atoms. The Labute approximate surface area is 164 Å². The van der Waals surface area contributed by atoms with Crippen LogP contribution in [0.3, 0.4) is 0 Å². The van der Waals surface area contributed by atoms with Crippen molar-refractivity contribution in [2.24, 2.45) is 0 Å². The number of thioether (sulfide) groups is 1. The van der Waals surface area contributed by atoms with Crippen molar-refractivity contribution in [2.75, 3.05) is 19.0 Å². The third kappa shape index (κ3) is 6.09. The van der Waals surface area contributed by atoms with Gasteiger partial charge in [0.05, 0.1) is 19.3 Å². The molecule has 0 radical (unpaired) electrons. The molecule has 2 aromatic rings. The molecule has 2 rings (SSSR count). The average molecular weight is 404 g/mol. The first-order valence-electron chi connectivity index (χ1n) is 7.74. The first-order chi connectivity index (χ1) is 13.1. The summed E-state index contributed by atoms with van der Waals surface area (Å²) in [7, 11) is 1.34. The van der Waals surface area contributed by atoms with Crippen LogP contribution in [0, 0.1) is 11.3 Å². The lowest BCUT2D eigenvalue weighted by Gasteiger charge is -2.01. The van der Waals surface area contributed by atoms with Crippen molar-refractivity contribution < 1.29 is 19.1 Å². The Morgan fingerprint density at radius 2 is 2.07 bits per heavy atom. The Kier molecular flexibility index (Phi) is 7.79. The number of nitrogens with zero attached hydrogens (tertiary/aromatic N) is 3. The number of nitrogens with one attached hydrogen (secondary N) is 1. The highest BCUT2D eigenvalue weighted by Gasteiger charge is 2.11. The predicted molar refractivity (Wildman–Crippen MR) is 101 cm³/mol. The molecule has 0 unspecified atom stereocenters. The number of nitriles is 1. The van der Waals surface area contributed by atoms with Gasteiger partial charge in [-0.3, -0.25) is 0 Å². The number of carbonyl (C=O) groups excluding carboxylic acids is 2. The topological polar surface area (TPSA) is 114 Å². The van der Waals surface area contributed by atoms with Crippen LogP contribution in [-0.4, -0.2) is 35.9 Å². The number of anilines is 1. The number of methoxy groups -OCH3 is 1. The molecular weight excluding hydrogens is 388 g/mol. The van der Waals surface area contributed by atoms with Crippen molar-refractivity contribution in [3.8, 4) is 6.07 Å². The van der Waals surface area contributed by atoms with Crippen molar-refractivity contribution in [3.05, 3.63) is 47.2 Å². The van der Waals surface area contributed by atoms with Crippen LogP contribution in [0.4, 0.5) is 5.13 Å².